The molecule has 0 aliphatic carbocycles. The molecule has 0 bridgehead atoms. The van der Waals surface area contributed by atoms with Crippen LogP contribution in [-0.2, 0) is 0 Å². The summed E-state index contributed by atoms with van der Waals surface area (Å²) in [6, 6.07) is 2.74. The highest BCUT2D eigenvalue weighted by Crippen LogP contribution is 2.29. The van der Waals surface area contributed by atoms with Crippen LogP contribution in [0.15, 0.2) is 24.4 Å². The third-order valence-electron chi connectivity index (χ3n) is 2.30. The van der Waals surface area contributed by atoms with Gasteiger partial charge in [0.25, 0.3) is 0 Å². The number of aromatic nitrogens is 1. The Labute approximate surface area is 95.9 Å². The third kappa shape index (κ3) is 2.08. The molecule has 1 aromatic carbocycles. The fraction of sp³-hybridized carbons (Fsp3) is 0.0833. The maximum Gasteiger partial charge on any atom is 0.138 e. The van der Waals surface area contributed by atoms with Gasteiger partial charge in [-0.05, 0) is 18.6 Å². The van der Waals surface area contributed by atoms with Crippen molar-refractivity contribution in [2.75, 3.05) is 5.73 Å². The average Bonchev–Trinajstić information content (AvgIpc) is 2.19. The summed E-state index contributed by atoms with van der Waals surface area (Å²) < 4.78 is 39.8. The molecule has 1 aromatic heterocycles. The van der Waals surface area contributed by atoms with Gasteiger partial charge in [-0.25, -0.2) is 13.2 Å². The smallest absolute Gasteiger partial charge is 0.138 e. The molecule has 0 unspecified atom stereocenters. The first-order chi connectivity index (χ1) is 7.99. The zero-order valence-corrected chi connectivity index (χ0v) is 8.97. The number of anilines is 1. The van der Waals surface area contributed by atoms with Crippen LogP contribution in [0, 0.1) is 24.4 Å². The lowest BCUT2D eigenvalue weighted by Gasteiger charge is -2.08. The number of halogens is 3. The highest BCUT2D eigenvalue weighted by molar-refractivity contribution is 5.73. The molecular formula is C12H9F3N2. The van der Waals surface area contributed by atoms with Gasteiger partial charge < -0.3 is 5.73 Å². The van der Waals surface area contributed by atoms with E-state index in [0.717, 1.165) is 5.56 Å². The van der Waals surface area contributed by atoms with E-state index in [0.29, 0.717) is 12.1 Å². The van der Waals surface area contributed by atoms with E-state index >= 15 is 0 Å². The summed E-state index contributed by atoms with van der Waals surface area (Å²) in [6.45, 7) is 1.75. The van der Waals surface area contributed by atoms with E-state index in [4.69, 9.17) is 5.73 Å². The Morgan fingerprint density at radius 3 is 2.18 bits per heavy atom. The minimum absolute atomic E-state index is 0.0226. The molecule has 2 rings (SSSR count). The Kier molecular flexibility index (Phi) is 2.75. The lowest BCUT2D eigenvalue weighted by Crippen LogP contribution is -1.99. The third-order valence-corrected chi connectivity index (χ3v) is 2.30. The van der Waals surface area contributed by atoms with Crippen molar-refractivity contribution >= 4 is 5.69 Å². The molecule has 2 nitrogen and oxygen atoms in total. The minimum Gasteiger partial charge on any atom is -0.397 e. The first-order valence-corrected chi connectivity index (χ1v) is 4.86. The molecule has 0 amide bonds. The lowest BCUT2D eigenvalue weighted by molar-refractivity contribution is 0.547. The maximum absolute atomic E-state index is 13.5. The summed E-state index contributed by atoms with van der Waals surface area (Å²) in [6.07, 6.45) is 1.44. The fourth-order valence-corrected chi connectivity index (χ4v) is 1.57. The molecule has 0 aliphatic heterocycles. The second-order valence-electron chi connectivity index (χ2n) is 3.69. The summed E-state index contributed by atoms with van der Waals surface area (Å²) in [5.74, 6) is -3.02. The zero-order chi connectivity index (χ0) is 12.6. The van der Waals surface area contributed by atoms with Gasteiger partial charge in [0.2, 0.25) is 0 Å². The van der Waals surface area contributed by atoms with Gasteiger partial charge in [-0.15, -0.1) is 0 Å². The van der Waals surface area contributed by atoms with Crippen molar-refractivity contribution in [1.82, 2.24) is 4.98 Å². The van der Waals surface area contributed by atoms with E-state index in [1.54, 1.807) is 13.0 Å². The van der Waals surface area contributed by atoms with Crippen LogP contribution in [0.4, 0.5) is 18.9 Å². The Morgan fingerprint density at radius 1 is 1.06 bits per heavy atom. The van der Waals surface area contributed by atoms with Crippen molar-refractivity contribution in [2.45, 2.75) is 6.92 Å². The number of nitrogen functional groups attached to an aromatic ring is 1. The molecule has 2 aromatic rings. The van der Waals surface area contributed by atoms with Gasteiger partial charge in [0.15, 0.2) is 0 Å². The van der Waals surface area contributed by atoms with Crippen molar-refractivity contribution in [3.05, 3.63) is 47.4 Å². The summed E-state index contributed by atoms with van der Waals surface area (Å²) in [7, 11) is 0. The number of pyridine rings is 1. The molecule has 0 spiro atoms. The standard InChI is InChI=1S/C12H9F3N2/c1-6-2-10(16)12(17-5-6)11-8(14)3-7(13)4-9(11)15/h2-5H,16H2,1H3. The van der Waals surface area contributed by atoms with Gasteiger partial charge in [-0.3, -0.25) is 4.98 Å². The van der Waals surface area contributed by atoms with Crippen molar-refractivity contribution in [3.63, 3.8) is 0 Å². The summed E-state index contributed by atoms with van der Waals surface area (Å²) >= 11 is 0. The molecule has 17 heavy (non-hydrogen) atoms. The van der Waals surface area contributed by atoms with Crippen LogP contribution < -0.4 is 5.73 Å². The molecule has 0 radical (unpaired) electrons. The maximum atomic E-state index is 13.5. The van der Waals surface area contributed by atoms with Gasteiger partial charge in [-0.2, -0.15) is 0 Å². The van der Waals surface area contributed by atoms with Gasteiger partial charge in [0.05, 0.1) is 16.9 Å². The van der Waals surface area contributed by atoms with E-state index in [1.165, 1.54) is 6.20 Å². The summed E-state index contributed by atoms with van der Waals surface area (Å²) in [5.41, 5.74) is 6.12. The van der Waals surface area contributed by atoms with Crippen LogP contribution in [0.1, 0.15) is 5.56 Å². The number of nitrogens with zero attached hydrogens (tertiary/aromatic N) is 1. The number of nitrogens with two attached hydrogens (primary N) is 1. The number of aryl methyl sites for hydroxylation is 1. The van der Waals surface area contributed by atoms with E-state index in [-0.39, 0.29) is 11.4 Å². The van der Waals surface area contributed by atoms with Crippen LogP contribution in [0.25, 0.3) is 11.3 Å². The molecular weight excluding hydrogens is 229 g/mol. The second-order valence-corrected chi connectivity index (χ2v) is 3.69. The highest BCUT2D eigenvalue weighted by Gasteiger charge is 2.16. The molecule has 5 heteroatoms. The Bertz CT molecular complexity index is 559. The van der Waals surface area contributed by atoms with Crippen LogP contribution in [0.2, 0.25) is 0 Å². The Balaban J connectivity index is 2.68. The first-order valence-electron chi connectivity index (χ1n) is 4.86. The molecule has 1 heterocycles. The number of hydrogen-bond acceptors (Lipinski definition) is 2. The fourth-order valence-electron chi connectivity index (χ4n) is 1.57. The summed E-state index contributed by atoms with van der Waals surface area (Å²) in [4.78, 5) is 3.87. The molecule has 0 saturated heterocycles. The average molecular weight is 238 g/mol. The van der Waals surface area contributed by atoms with Crippen LogP contribution in [-0.4, -0.2) is 4.98 Å². The van der Waals surface area contributed by atoms with Gasteiger partial charge >= 0.3 is 0 Å². The number of hydrogen-bond donors (Lipinski definition) is 1. The largest absolute Gasteiger partial charge is 0.397 e. The summed E-state index contributed by atoms with van der Waals surface area (Å²) in [5, 5.41) is 0. The molecule has 0 fully saturated rings. The molecule has 0 saturated carbocycles. The van der Waals surface area contributed by atoms with Crippen molar-refractivity contribution in [2.24, 2.45) is 0 Å². The van der Waals surface area contributed by atoms with E-state index < -0.39 is 23.0 Å². The number of rotatable bonds is 1. The van der Waals surface area contributed by atoms with Crippen molar-refractivity contribution in [3.8, 4) is 11.3 Å². The van der Waals surface area contributed by atoms with Gasteiger partial charge in [-0.1, -0.05) is 0 Å². The highest BCUT2D eigenvalue weighted by atomic mass is 19.1. The molecule has 0 atom stereocenters. The van der Waals surface area contributed by atoms with Crippen molar-refractivity contribution < 1.29 is 13.2 Å². The SMILES string of the molecule is Cc1cnc(-c2c(F)cc(F)cc2F)c(N)c1. The van der Waals surface area contributed by atoms with Crippen molar-refractivity contribution in [1.29, 1.82) is 0 Å². The second kappa shape index (κ2) is 4.08. The Morgan fingerprint density at radius 2 is 1.65 bits per heavy atom. The molecule has 88 valence electrons. The zero-order valence-electron chi connectivity index (χ0n) is 8.97. The number of benzene rings is 1. The van der Waals surface area contributed by atoms with Crippen LogP contribution in [0.3, 0.4) is 0 Å². The van der Waals surface area contributed by atoms with E-state index in [9.17, 15) is 13.2 Å². The normalized spacial score (nSPS) is 10.6. The quantitative estimate of drug-likeness (QED) is 0.829. The molecule has 0 aliphatic rings. The monoisotopic (exact) mass is 238 g/mol. The topological polar surface area (TPSA) is 38.9 Å². The van der Waals surface area contributed by atoms with Crippen LogP contribution in [0.5, 0.6) is 0 Å². The lowest BCUT2D eigenvalue weighted by atomic mass is 10.1. The Hall–Kier alpha value is -2.04. The van der Waals surface area contributed by atoms with Gasteiger partial charge in [0.1, 0.15) is 17.5 Å². The minimum atomic E-state index is -1.02. The molecule has 2 N–H and O–H groups in total. The van der Waals surface area contributed by atoms with E-state index in [1.807, 2.05) is 0 Å². The predicted molar refractivity (Wildman–Crippen MR) is 58.7 cm³/mol. The van der Waals surface area contributed by atoms with Gasteiger partial charge in [0, 0.05) is 18.3 Å². The van der Waals surface area contributed by atoms with Crippen LogP contribution >= 0.6 is 0 Å². The first kappa shape index (κ1) is 11.4. The van der Waals surface area contributed by atoms with E-state index in [2.05, 4.69) is 4.98 Å². The predicted octanol–water partition coefficient (Wildman–Crippen LogP) is 3.06.